The highest BCUT2D eigenvalue weighted by molar-refractivity contribution is 7.89. The molecule has 0 aliphatic carbocycles. The highest BCUT2D eigenvalue weighted by Crippen LogP contribution is 2.20. The van der Waals surface area contributed by atoms with Gasteiger partial charge in [0.1, 0.15) is 0 Å². The first kappa shape index (κ1) is 12.3. The molecule has 0 N–H and O–H groups in total. The van der Waals surface area contributed by atoms with Gasteiger partial charge in [0.2, 0.25) is 10.0 Å². The molecule has 0 bridgehead atoms. The number of hydrogen-bond donors (Lipinski definition) is 0. The molecule has 17 heavy (non-hydrogen) atoms. The van der Waals surface area contributed by atoms with E-state index < -0.39 is 10.0 Å². The van der Waals surface area contributed by atoms with Crippen LogP contribution in [0.1, 0.15) is 18.9 Å². The summed E-state index contributed by atoms with van der Waals surface area (Å²) >= 11 is 0. The van der Waals surface area contributed by atoms with Gasteiger partial charge in [-0.15, -0.1) is 0 Å². The van der Waals surface area contributed by atoms with Crippen molar-refractivity contribution in [3.05, 3.63) is 42.0 Å². The number of hydrogen-bond acceptors (Lipinski definition) is 2. The van der Waals surface area contributed by atoms with Gasteiger partial charge in [-0.05, 0) is 18.9 Å². The molecule has 0 unspecified atom stereocenters. The molecule has 92 valence electrons. The molecule has 0 spiro atoms. The van der Waals surface area contributed by atoms with Crippen molar-refractivity contribution in [3.8, 4) is 0 Å². The van der Waals surface area contributed by atoms with E-state index in [1.807, 2.05) is 49.4 Å². The summed E-state index contributed by atoms with van der Waals surface area (Å²) in [5, 5.41) is 0. The molecule has 1 aliphatic heterocycles. The highest BCUT2D eigenvalue weighted by atomic mass is 32.2. The zero-order chi connectivity index (χ0) is 12.3. The van der Waals surface area contributed by atoms with Crippen LogP contribution in [0.2, 0.25) is 0 Å². The minimum atomic E-state index is -3.01. The first-order valence-electron chi connectivity index (χ1n) is 5.81. The third-order valence-electron chi connectivity index (χ3n) is 3.04. The smallest absolute Gasteiger partial charge is 0.212 e. The van der Waals surface area contributed by atoms with E-state index in [0.717, 1.165) is 12.0 Å². The maximum atomic E-state index is 11.7. The van der Waals surface area contributed by atoms with Crippen LogP contribution in [0.4, 0.5) is 0 Å². The quantitative estimate of drug-likeness (QED) is 0.825. The SMILES string of the molecule is C[C@@H]1CCS(=O)(=O)N1C/C=C/c1ccccc1. The Morgan fingerprint density at radius 1 is 1.35 bits per heavy atom. The van der Waals surface area contributed by atoms with E-state index in [9.17, 15) is 8.42 Å². The predicted molar refractivity (Wildman–Crippen MR) is 70.0 cm³/mol. The summed E-state index contributed by atoms with van der Waals surface area (Å²) in [4.78, 5) is 0. The lowest BCUT2D eigenvalue weighted by atomic mass is 10.2. The summed E-state index contributed by atoms with van der Waals surface area (Å²) in [5.41, 5.74) is 1.09. The van der Waals surface area contributed by atoms with Gasteiger partial charge in [0, 0.05) is 12.6 Å². The molecule has 1 atom stereocenters. The van der Waals surface area contributed by atoms with E-state index in [1.165, 1.54) is 0 Å². The van der Waals surface area contributed by atoms with Gasteiger partial charge in [-0.25, -0.2) is 8.42 Å². The van der Waals surface area contributed by atoms with Crippen LogP contribution in [0.15, 0.2) is 36.4 Å². The monoisotopic (exact) mass is 251 g/mol. The van der Waals surface area contributed by atoms with Gasteiger partial charge >= 0.3 is 0 Å². The summed E-state index contributed by atoms with van der Waals surface area (Å²) in [7, 11) is -3.01. The van der Waals surface area contributed by atoms with E-state index in [-0.39, 0.29) is 11.8 Å². The fourth-order valence-electron chi connectivity index (χ4n) is 2.01. The van der Waals surface area contributed by atoms with Gasteiger partial charge in [0.05, 0.1) is 5.75 Å². The number of nitrogens with zero attached hydrogens (tertiary/aromatic N) is 1. The van der Waals surface area contributed by atoms with Crippen LogP contribution in [0.25, 0.3) is 6.08 Å². The minimum Gasteiger partial charge on any atom is -0.212 e. The van der Waals surface area contributed by atoms with Crippen molar-refractivity contribution < 1.29 is 8.42 Å². The summed E-state index contributed by atoms with van der Waals surface area (Å²) in [6, 6.07) is 10.0. The number of rotatable bonds is 3. The average Bonchev–Trinajstić information content (AvgIpc) is 2.57. The average molecular weight is 251 g/mol. The van der Waals surface area contributed by atoms with Crippen molar-refractivity contribution in [1.29, 1.82) is 0 Å². The maximum Gasteiger partial charge on any atom is 0.214 e. The molecule has 0 radical (unpaired) electrons. The molecule has 3 nitrogen and oxygen atoms in total. The second kappa shape index (κ2) is 5.02. The van der Waals surface area contributed by atoms with Crippen LogP contribution in [-0.2, 0) is 10.0 Å². The summed E-state index contributed by atoms with van der Waals surface area (Å²) < 4.78 is 25.0. The molecule has 0 amide bonds. The Balaban J connectivity index is 2.01. The zero-order valence-corrected chi connectivity index (χ0v) is 10.7. The van der Waals surface area contributed by atoms with Gasteiger partial charge in [-0.1, -0.05) is 42.5 Å². The fraction of sp³-hybridized carbons (Fsp3) is 0.385. The number of sulfonamides is 1. The molecule has 1 aromatic carbocycles. The maximum absolute atomic E-state index is 11.7. The molecule has 2 rings (SSSR count). The third-order valence-corrected chi connectivity index (χ3v) is 5.01. The Morgan fingerprint density at radius 2 is 2.06 bits per heavy atom. The molecule has 1 heterocycles. The lowest BCUT2D eigenvalue weighted by Gasteiger charge is -2.17. The molecule has 0 saturated carbocycles. The topological polar surface area (TPSA) is 37.4 Å². The summed E-state index contributed by atoms with van der Waals surface area (Å²) in [5.74, 6) is 0.285. The van der Waals surface area contributed by atoms with Crippen molar-refractivity contribution in [2.45, 2.75) is 19.4 Å². The van der Waals surface area contributed by atoms with E-state index in [4.69, 9.17) is 0 Å². The first-order valence-corrected chi connectivity index (χ1v) is 7.41. The number of benzene rings is 1. The third kappa shape index (κ3) is 2.96. The second-order valence-corrected chi connectivity index (χ2v) is 6.38. The van der Waals surface area contributed by atoms with Gasteiger partial charge in [0.15, 0.2) is 0 Å². The molecule has 0 aromatic heterocycles. The predicted octanol–water partition coefficient (Wildman–Crippen LogP) is 2.12. The lowest BCUT2D eigenvalue weighted by Crippen LogP contribution is -2.31. The van der Waals surface area contributed by atoms with Crippen LogP contribution in [0, 0.1) is 0 Å². The molecule has 1 saturated heterocycles. The van der Waals surface area contributed by atoms with Crippen LogP contribution >= 0.6 is 0 Å². The van der Waals surface area contributed by atoms with Crippen molar-refractivity contribution in [2.24, 2.45) is 0 Å². The molecule has 4 heteroatoms. The Hall–Kier alpha value is -1.13. The van der Waals surface area contributed by atoms with E-state index >= 15 is 0 Å². The lowest BCUT2D eigenvalue weighted by molar-refractivity contribution is 0.392. The molecular weight excluding hydrogens is 234 g/mol. The van der Waals surface area contributed by atoms with Crippen LogP contribution in [-0.4, -0.2) is 31.1 Å². The van der Waals surface area contributed by atoms with Crippen LogP contribution in [0.3, 0.4) is 0 Å². The fourth-order valence-corrected chi connectivity index (χ4v) is 3.85. The highest BCUT2D eigenvalue weighted by Gasteiger charge is 2.33. The van der Waals surface area contributed by atoms with Gasteiger partial charge in [0.25, 0.3) is 0 Å². The molecular formula is C13H17NO2S. The van der Waals surface area contributed by atoms with Crippen molar-refractivity contribution in [1.82, 2.24) is 4.31 Å². The largest absolute Gasteiger partial charge is 0.214 e. The molecule has 1 aromatic rings. The normalized spacial score (nSPS) is 24.4. The van der Waals surface area contributed by atoms with E-state index in [2.05, 4.69) is 0 Å². The van der Waals surface area contributed by atoms with E-state index in [1.54, 1.807) is 4.31 Å². The van der Waals surface area contributed by atoms with Gasteiger partial charge in [-0.3, -0.25) is 0 Å². The second-order valence-electron chi connectivity index (χ2n) is 4.34. The van der Waals surface area contributed by atoms with Crippen molar-refractivity contribution in [2.75, 3.05) is 12.3 Å². The van der Waals surface area contributed by atoms with Crippen molar-refractivity contribution >= 4 is 16.1 Å². The van der Waals surface area contributed by atoms with Gasteiger partial charge < -0.3 is 0 Å². The zero-order valence-electron chi connectivity index (χ0n) is 9.91. The molecule has 1 aliphatic rings. The summed E-state index contributed by atoms with van der Waals surface area (Å²) in [6.07, 6.45) is 4.61. The minimum absolute atomic E-state index is 0.125. The standard InChI is InChI=1S/C13H17NO2S/c1-12-9-11-17(15,16)14(12)10-5-8-13-6-3-2-4-7-13/h2-8,12H,9-11H2,1H3/b8-5+/t12-/m1/s1. The summed E-state index contributed by atoms with van der Waals surface area (Å²) in [6.45, 7) is 2.43. The molecule has 1 fully saturated rings. The van der Waals surface area contributed by atoms with Crippen LogP contribution in [0.5, 0.6) is 0 Å². The van der Waals surface area contributed by atoms with Crippen LogP contribution < -0.4 is 0 Å². The Labute approximate surface area is 103 Å². The van der Waals surface area contributed by atoms with E-state index in [0.29, 0.717) is 6.54 Å². The Bertz CT molecular complexity index is 493. The van der Waals surface area contributed by atoms with Gasteiger partial charge in [-0.2, -0.15) is 4.31 Å². The van der Waals surface area contributed by atoms with Crippen molar-refractivity contribution in [3.63, 3.8) is 0 Å². The Morgan fingerprint density at radius 3 is 2.65 bits per heavy atom. The first-order chi connectivity index (χ1) is 8.09. The Kier molecular flexibility index (Phi) is 3.64.